The van der Waals surface area contributed by atoms with E-state index in [4.69, 9.17) is 11.6 Å². The SMILES string of the molecule is CC(=O)c1ccc(NC(=O)CSc2nnc3c(Cl)cc(C(F)(F)F)cn23)cc1. The van der Waals surface area contributed by atoms with Crippen molar-refractivity contribution in [3.05, 3.63) is 52.7 Å². The maximum atomic E-state index is 13.0. The minimum Gasteiger partial charge on any atom is -0.325 e. The Morgan fingerprint density at radius 3 is 2.50 bits per heavy atom. The summed E-state index contributed by atoms with van der Waals surface area (Å²) < 4.78 is 40.0. The normalized spacial score (nSPS) is 11.6. The molecular weight excluding hydrogens is 417 g/mol. The first-order valence-electron chi connectivity index (χ1n) is 7.80. The second kappa shape index (κ2) is 7.80. The molecule has 3 rings (SSSR count). The zero-order chi connectivity index (χ0) is 20.5. The Balaban J connectivity index is 1.71. The van der Waals surface area contributed by atoms with Crippen molar-refractivity contribution in [1.82, 2.24) is 14.6 Å². The molecule has 1 amide bonds. The van der Waals surface area contributed by atoms with E-state index in [9.17, 15) is 22.8 Å². The lowest BCUT2D eigenvalue weighted by molar-refractivity contribution is -0.137. The van der Waals surface area contributed by atoms with Gasteiger partial charge in [-0.3, -0.25) is 14.0 Å². The number of carbonyl (C=O) groups excluding carboxylic acids is 2. The number of fused-ring (bicyclic) bond motifs is 1. The topological polar surface area (TPSA) is 76.4 Å². The molecule has 1 aromatic carbocycles. The Bertz CT molecular complexity index is 1050. The first-order chi connectivity index (χ1) is 13.1. The van der Waals surface area contributed by atoms with Crippen molar-refractivity contribution in [3.8, 4) is 0 Å². The molecule has 146 valence electrons. The molecule has 2 heterocycles. The average molecular weight is 429 g/mol. The fraction of sp³-hybridized carbons (Fsp3) is 0.176. The summed E-state index contributed by atoms with van der Waals surface area (Å²) in [6, 6.07) is 7.11. The van der Waals surface area contributed by atoms with Gasteiger partial charge in [-0.15, -0.1) is 10.2 Å². The number of thioether (sulfide) groups is 1. The summed E-state index contributed by atoms with van der Waals surface area (Å²) in [4.78, 5) is 23.3. The maximum absolute atomic E-state index is 13.0. The summed E-state index contributed by atoms with van der Waals surface area (Å²) in [6.07, 6.45) is -3.74. The van der Waals surface area contributed by atoms with Gasteiger partial charge in [0.2, 0.25) is 5.91 Å². The lowest BCUT2D eigenvalue weighted by atomic mass is 10.1. The van der Waals surface area contributed by atoms with Crippen molar-refractivity contribution in [1.29, 1.82) is 0 Å². The molecule has 3 aromatic rings. The van der Waals surface area contributed by atoms with E-state index in [0.29, 0.717) is 11.3 Å². The van der Waals surface area contributed by atoms with Crippen molar-refractivity contribution in [3.63, 3.8) is 0 Å². The molecule has 0 bridgehead atoms. The highest BCUT2D eigenvalue weighted by Gasteiger charge is 2.32. The predicted octanol–water partition coefficient (Wildman–Crippen LogP) is 4.33. The number of aromatic nitrogens is 3. The van der Waals surface area contributed by atoms with Gasteiger partial charge < -0.3 is 5.32 Å². The van der Waals surface area contributed by atoms with Crippen LogP contribution in [0.2, 0.25) is 5.02 Å². The summed E-state index contributed by atoms with van der Waals surface area (Å²) in [6.45, 7) is 1.43. The quantitative estimate of drug-likeness (QED) is 0.483. The number of halogens is 4. The molecule has 11 heteroatoms. The first-order valence-corrected chi connectivity index (χ1v) is 9.16. The van der Waals surface area contributed by atoms with E-state index >= 15 is 0 Å². The molecule has 0 saturated heterocycles. The second-order valence-electron chi connectivity index (χ2n) is 5.72. The zero-order valence-electron chi connectivity index (χ0n) is 14.2. The van der Waals surface area contributed by atoms with Gasteiger partial charge in [0.1, 0.15) is 0 Å². The number of hydrogen-bond donors (Lipinski definition) is 1. The molecule has 28 heavy (non-hydrogen) atoms. The lowest BCUT2D eigenvalue weighted by Crippen LogP contribution is -2.14. The third-order valence-electron chi connectivity index (χ3n) is 3.66. The standard InChI is InChI=1S/C17H12ClF3N4O2S/c1-9(26)10-2-4-12(5-3-10)22-14(27)8-28-16-24-23-15-13(18)6-11(7-25(15)16)17(19,20)21/h2-7H,8H2,1H3,(H,22,27). The Hall–Kier alpha value is -2.59. The Morgan fingerprint density at radius 2 is 1.89 bits per heavy atom. The molecule has 0 unspecified atom stereocenters. The van der Waals surface area contributed by atoms with Gasteiger partial charge in [-0.25, -0.2) is 0 Å². The summed E-state index contributed by atoms with van der Waals surface area (Å²) in [5.74, 6) is -0.595. The summed E-state index contributed by atoms with van der Waals surface area (Å²) in [5, 5.41) is 10.1. The van der Waals surface area contributed by atoms with E-state index in [0.717, 1.165) is 28.4 Å². The summed E-state index contributed by atoms with van der Waals surface area (Å²) in [7, 11) is 0. The maximum Gasteiger partial charge on any atom is 0.417 e. The number of anilines is 1. The second-order valence-corrected chi connectivity index (χ2v) is 7.07. The highest BCUT2D eigenvalue weighted by Crippen LogP contribution is 2.33. The molecule has 0 aliphatic carbocycles. The summed E-state index contributed by atoms with van der Waals surface area (Å²) in [5.41, 5.74) is 0.128. The van der Waals surface area contributed by atoms with Crippen molar-refractivity contribution < 1.29 is 22.8 Å². The highest BCUT2D eigenvalue weighted by atomic mass is 35.5. The third kappa shape index (κ3) is 4.45. The number of Topliss-reactive ketones (excluding diaryl/α,β-unsaturated/α-hetero) is 1. The molecule has 0 atom stereocenters. The molecular formula is C17H12ClF3N4O2S. The van der Waals surface area contributed by atoms with Gasteiger partial charge in [-0.1, -0.05) is 23.4 Å². The molecule has 0 saturated carbocycles. The van der Waals surface area contributed by atoms with E-state index in [1.807, 2.05) is 0 Å². The number of hydrogen-bond acceptors (Lipinski definition) is 5. The Labute approximate surface area is 166 Å². The Kier molecular flexibility index (Phi) is 5.61. The molecule has 1 N–H and O–H groups in total. The molecule has 0 aliphatic heterocycles. The minimum absolute atomic E-state index is 0.0670. The van der Waals surface area contributed by atoms with Gasteiger partial charge in [0.05, 0.1) is 16.3 Å². The third-order valence-corrected chi connectivity index (χ3v) is 4.88. The molecule has 0 radical (unpaired) electrons. The van der Waals surface area contributed by atoms with Crippen LogP contribution in [0.5, 0.6) is 0 Å². The van der Waals surface area contributed by atoms with Crippen LogP contribution in [0.1, 0.15) is 22.8 Å². The fourth-order valence-electron chi connectivity index (χ4n) is 2.30. The van der Waals surface area contributed by atoms with E-state index in [1.54, 1.807) is 24.3 Å². The zero-order valence-corrected chi connectivity index (χ0v) is 15.8. The van der Waals surface area contributed by atoms with Crippen LogP contribution in [-0.4, -0.2) is 32.0 Å². The van der Waals surface area contributed by atoms with Gasteiger partial charge in [-0.05, 0) is 37.3 Å². The van der Waals surface area contributed by atoms with E-state index in [-0.39, 0.29) is 27.4 Å². The van der Waals surface area contributed by atoms with Crippen LogP contribution in [0.4, 0.5) is 18.9 Å². The molecule has 0 spiro atoms. The number of nitrogens with zero attached hydrogens (tertiary/aromatic N) is 3. The predicted molar refractivity (Wildman–Crippen MR) is 98.8 cm³/mol. The number of pyridine rings is 1. The lowest BCUT2D eigenvalue weighted by Gasteiger charge is -2.09. The van der Waals surface area contributed by atoms with Gasteiger partial charge in [0.15, 0.2) is 16.6 Å². The van der Waals surface area contributed by atoms with Crippen molar-refractivity contribution in [2.24, 2.45) is 0 Å². The van der Waals surface area contributed by atoms with Crippen LogP contribution in [0.25, 0.3) is 5.65 Å². The highest BCUT2D eigenvalue weighted by molar-refractivity contribution is 7.99. The molecule has 2 aromatic heterocycles. The monoisotopic (exact) mass is 428 g/mol. The smallest absolute Gasteiger partial charge is 0.325 e. The van der Waals surface area contributed by atoms with Gasteiger partial charge in [-0.2, -0.15) is 13.2 Å². The van der Waals surface area contributed by atoms with Crippen LogP contribution in [0.3, 0.4) is 0 Å². The van der Waals surface area contributed by atoms with E-state index in [1.165, 1.54) is 6.92 Å². The molecule has 6 nitrogen and oxygen atoms in total. The molecule has 0 fully saturated rings. The van der Waals surface area contributed by atoms with Crippen molar-refractivity contribution >= 4 is 46.4 Å². The number of carbonyl (C=O) groups is 2. The number of ketones is 1. The average Bonchev–Trinajstić information content (AvgIpc) is 3.03. The number of nitrogens with one attached hydrogen (secondary N) is 1. The van der Waals surface area contributed by atoms with Crippen LogP contribution in [-0.2, 0) is 11.0 Å². The van der Waals surface area contributed by atoms with Gasteiger partial charge in [0, 0.05) is 17.4 Å². The van der Waals surface area contributed by atoms with Crippen LogP contribution in [0, 0.1) is 0 Å². The summed E-state index contributed by atoms with van der Waals surface area (Å²) >= 11 is 6.77. The number of amides is 1. The fourth-order valence-corrected chi connectivity index (χ4v) is 3.26. The van der Waals surface area contributed by atoms with Crippen LogP contribution >= 0.6 is 23.4 Å². The van der Waals surface area contributed by atoms with Gasteiger partial charge >= 0.3 is 6.18 Å². The van der Waals surface area contributed by atoms with Crippen molar-refractivity contribution in [2.45, 2.75) is 18.3 Å². The number of benzene rings is 1. The molecule has 0 aliphatic rings. The van der Waals surface area contributed by atoms with E-state index in [2.05, 4.69) is 15.5 Å². The largest absolute Gasteiger partial charge is 0.417 e. The van der Waals surface area contributed by atoms with Crippen LogP contribution < -0.4 is 5.32 Å². The van der Waals surface area contributed by atoms with Gasteiger partial charge in [0.25, 0.3) is 0 Å². The Morgan fingerprint density at radius 1 is 1.21 bits per heavy atom. The van der Waals surface area contributed by atoms with Crippen molar-refractivity contribution in [2.75, 3.05) is 11.1 Å². The number of alkyl halides is 3. The minimum atomic E-state index is -4.58. The van der Waals surface area contributed by atoms with Crippen LogP contribution in [0.15, 0.2) is 41.7 Å². The number of rotatable bonds is 5. The first kappa shape index (κ1) is 20.2. The van der Waals surface area contributed by atoms with E-state index < -0.39 is 17.6 Å².